The summed E-state index contributed by atoms with van der Waals surface area (Å²) < 4.78 is 4.84. The van der Waals surface area contributed by atoms with E-state index in [0.717, 1.165) is 18.5 Å². The fourth-order valence-corrected chi connectivity index (χ4v) is 3.40. The van der Waals surface area contributed by atoms with Gasteiger partial charge >= 0.3 is 12.0 Å². The van der Waals surface area contributed by atoms with Gasteiger partial charge in [0.15, 0.2) is 0 Å². The Labute approximate surface area is 130 Å². The van der Waals surface area contributed by atoms with Crippen LogP contribution in [0.5, 0.6) is 0 Å². The predicted octanol–water partition coefficient (Wildman–Crippen LogP) is 2.59. The van der Waals surface area contributed by atoms with Crippen molar-refractivity contribution in [1.82, 2.24) is 4.90 Å². The number of benzene rings is 1. The Morgan fingerprint density at radius 1 is 1.27 bits per heavy atom. The first-order valence-electron chi connectivity index (χ1n) is 7.78. The second-order valence-corrected chi connectivity index (χ2v) is 6.49. The molecule has 1 N–H and O–H groups in total. The summed E-state index contributed by atoms with van der Waals surface area (Å²) in [7, 11) is 1.39. The molecular weight excluding hydrogens is 280 g/mol. The van der Waals surface area contributed by atoms with Crippen LogP contribution in [-0.2, 0) is 22.4 Å². The zero-order valence-electron chi connectivity index (χ0n) is 13.1. The summed E-state index contributed by atoms with van der Waals surface area (Å²) in [6, 6.07) is 5.97. The van der Waals surface area contributed by atoms with Crippen molar-refractivity contribution in [2.45, 2.75) is 32.6 Å². The largest absolute Gasteiger partial charge is 0.469 e. The highest BCUT2D eigenvalue weighted by atomic mass is 16.5. The number of rotatable bonds is 2. The molecule has 0 radical (unpaired) electrons. The first kappa shape index (κ1) is 14.9. The second-order valence-electron chi connectivity index (χ2n) is 6.49. The maximum atomic E-state index is 12.4. The van der Waals surface area contributed by atoms with Gasteiger partial charge in [-0.3, -0.25) is 4.79 Å². The van der Waals surface area contributed by atoms with Crippen LogP contribution in [0.1, 0.15) is 30.9 Å². The van der Waals surface area contributed by atoms with Gasteiger partial charge in [0.25, 0.3) is 0 Å². The van der Waals surface area contributed by atoms with Crippen LogP contribution >= 0.6 is 0 Å². The SMILES string of the molecule is COC(=O)[C@]1(C)CCN(C(=O)Nc2ccc3c(c2)CCC3)C1. The molecule has 1 aliphatic heterocycles. The van der Waals surface area contributed by atoms with E-state index in [2.05, 4.69) is 17.4 Å². The number of urea groups is 1. The van der Waals surface area contributed by atoms with Gasteiger partial charge in [0.1, 0.15) is 0 Å². The van der Waals surface area contributed by atoms with Crippen LogP contribution in [0.4, 0.5) is 10.5 Å². The predicted molar refractivity (Wildman–Crippen MR) is 83.8 cm³/mol. The van der Waals surface area contributed by atoms with E-state index in [9.17, 15) is 9.59 Å². The average Bonchev–Trinajstić information content (AvgIpc) is 3.13. The van der Waals surface area contributed by atoms with Crippen LogP contribution in [0.2, 0.25) is 0 Å². The Hall–Kier alpha value is -2.04. The van der Waals surface area contributed by atoms with Gasteiger partial charge in [-0.2, -0.15) is 0 Å². The number of hydrogen-bond acceptors (Lipinski definition) is 3. The molecular formula is C17H22N2O3. The van der Waals surface area contributed by atoms with Crippen LogP contribution in [0.3, 0.4) is 0 Å². The number of nitrogens with zero attached hydrogens (tertiary/aromatic N) is 1. The number of likely N-dealkylation sites (tertiary alicyclic amines) is 1. The summed E-state index contributed by atoms with van der Waals surface area (Å²) in [5.41, 5.74) is 2.96. The lowest BCUT2D eigenvalue weighted by Gasteiger charge is -2.22. The molecule has 5 heteroatoms. The van der Waals surface area contributed by atoms with Gasteiger partial charge in [-0.05, 0) is 55.9 Å². The molecule has 1 aromatic carbocycles. The summed E-state index contributed by atoms with van der Waals surface area (Å²) in [5.74, 6) is -0.250. The number of nitrogens with one attached hydrogen (secondary N) is 1. The number of anilines is 1. The van der Waals surface area contributed by atoms with Gasteiger partial charge < -0.3 is 15.0 Å². The fourth-order valence-electron chi connectivity index (χ4n) is 3.40. The van der Waals surface area contributed by atoms with Gasteiger partial charge in [-0.1, -0.05) is 6.07 Å². The Morgan fingerprint density at radius 2 is 2.05 bits per heavy atom. The summed E-state index contributed by atoms with van der Waals surface area (Å²) in [6.07, 6.45) is 4.05. The Balaban J connectivity index is 1.65. The van der Waals surface area contributed by atoms with E-state index >= 15 is 0 Å². The number of aryl methyl sites for hydroxylation is 2. The maximum absolute atomic E-state index is 12.4. The van der Waals surface area contributed by atoms with E-state index in [4.69, 9.17) is 4.74 Å². The van der Waals surface area contributed by atoms with Crippen molar-refractivity contribution in [3.05, 3.63) is 29.3 Å². The standard InChI is InChI=1S/C17H22N2O3/c1-17(15(20)22-2)8-9-19(11-17)16(21)18-14-7-6-12-4-3-5-13(12)10-14/h6-7,10H,3-5,8-9,11H2,1-2H3,(H,18,21)/t17-/m1/s1. The quantitative estimate of drug-likeness (QED) is 0.854. The van der Waals surface area contributed by atoms with E-state index in [1.54, 1.807) is 4.90 Å². The molecule has 1 aromatic rings. The third kappa shape index (κ3) is 2.67. The lowest BCUT2D eigenvalue weighted by Crippen LogP contribution is -2.37. The van der Waals surface area contributed by atoms with Crippen molar-refractivity contribution in [3.8, 4) is 0 Å². The van der Waals surface area contributed by atoms with Gasteiger partial charge in [-0.25, -0.2) is 4.79 Å². The van der Waals surface area contributed by atoms with Crippen LogP contribution in [-0.4, -0.2) is 37.1 Å². The lowest BCUT2D eigenvalue weighted by atomic mass is 9.90. The Kier molecular flexibility index (Phi) is 3.81. The number of amides is 2. The number of hydrogen-bond donors (Lipinski definition) is 1. The highest BCUT2D eigenvalue weighted by molar-refractivity contribution is 5.90. The highest BCUT2D eigenvalue weighted by Crippen LogP contribution is 2.32. The van der Waals surface area contributed by atoms with Crippen molar-refractivity contribution < 1.29 is 14.3 Å². The number of carbonyl (C=O) groups excluding carboxylic acids is 2. The summed E-state index contributed by atoms with van der Waals surface area (Å²) >= 11 is 0. The molecule has 1 fully saturated rings. The van der Waals surface area contributed by atoms with E-state index in [1.165, 1.54) is 24.7 Å². The first-order chi connectivity index (χ1) is 10.5. The molecule has 2 aliphatic rings. The van der Waals surface area contributed by atoms with Gasteiger partial charge in [-0.15, -0.1) is 0 Å². The number of methoxy groups -OCH3 is 1. The monoisotopic (exact) mass is 302 g/mol. The fraction of sp³-hybridized carbons (Fsp3) is 0.529. The van der Waals surface area contributed by atoms with Crippen molar-refractivity contribution in [2.24, 2.45) is 5.41 Å². The van der Waals surface area contributed by atoms with Crippen LogP contribution in [0.25, 0.3) is 0 Å². The second kappa shape index (κ2) is 5.63. The molecule has 0 aromatic heterocycles. The van der Waals surface area contributed by atoms with E-state index in [1.807, 2.05) is 13.0 Å². The molecule has 2 amide bonds. The minimum atomic E-state index is -0.593. The first-order valence-corrected chi connectivity index (χ1v) is 7.78. The summed E-state index contributed by atoms with van der Waals surface area (Å²) in [5, 5.41) is 2.94. The summed E-state index contributed by atoms with van der Waals surface area (Å²) in [6.45, 7) is 2.82. The molecule has 0 spiro atoms. The number of carbonyl (C=O) groups is 2. The molecule has 1 atom stereocenters. The minimum absolute atomic E-state index is 0.148. The minimum Gasteiger partial charge on any atom is -0.469 e. The van der Waals surface area contributed by atoms with E-state index in [0.29, 0.717) is 19.5 Å². The van der Waals surface area contributed by atoms with Crippen LogP contribution < -0.4 is 5.32 Å². The van der Waals surface area contributed by atoms with Gasteiger partial charge in [0.05, 0.1) is 12.5 Å². The molecule has 1 saturated heterocycles. The molecule has 118 valence electrons. The van der Waals surface area contributed by atoms with Gasteiger partial charge in [0.2, 0.25) is 0 Å². The average molecular weight is 302 g/mol. The van der Waals surface area contributed by atoms with Gasteiger partial charge in [0, 0.05) is 18.8 Å². The Morgan fingerprint density at radius 3 is 2.82 bits per heavy atom. The molecule has 0 unspecified atom stereocenters. The third-order valence-corrected chi connectivity index (χ3v) is 4.79. The zero-order chi connectivity index (χ0) is 15.7. The van der Waals surface area contributed by atoms with Crippen molar-refractivity contribution in [2.75, 3.05) is 25.5 Å². The van der Waals surface area contributed by atoms with Crippen molar-refractivity contribution in [3.63, 3.8) is 0 Å². The highest BCUT2D eigenvalue weighted by Gasteiger charge is 2.43. The number of esters is 1. The van der Waals surface area contributed by atoms with E-state index in [-0.39, 0.29) is 12.0 Å². The molecule has 0 bridgehead atoms. The molecule has 22 heavy (non-hydrogen) atoms. The number of ether oxygens (including phenoxy) is 1. The normalized spacial score (nSPS) is 23.3. The van der Waals surface area contributed by atoms with Crippen LogP contribution in [0.15, 0.2) is 18.2 Å². The summed E-state index contributed by atoms with van der Waals surface area (Å²) in [4.78, 5) is 25.9. The lowest BCUT2D eigenvalue weighted by molar-refractivity contribution is -0.150. The molecule has 0 saturated carbocycles. The molecule has 1 heterocycles. The van der Waals surface area contributed by atoms with Crippen molar-refractivity contribution >= 4 is 17.7 Å². The smallest absolute Gasteiger partial charge is 0.321 e. The molecule has 5 nitrogen and oxygen atoms in total. The molecule has 3 rings (SSSR count). The number of fused-ring (bicyclic) bond motifs is 1. The maximum Gasteiger partial charge on any atom is 0.321 e. The van der Waals surface area contributed by atoms with Crippen molar-refractivity contribution in [1.29, 1.82) is 0 Å². The Bertz CT molecular complexity index is 614. The zero-order valence-corrected chi connectivity index (χ0v) is 13.1. The van der Waals surface area contributed by atoms with Crippen LogP contribution in [0, 0.1) is 5.41 Å². The molecule has 1 aliphatic carbocycles. The topological polar surface area (TPSA) is 58.6 Å². The van der Waals surface area contributed by atoms with E-state index < -0.39 is 5.41 Å². The third-order valence-electron chi connectivity index (χ3n) is 4.79.